The van der Waals surface area contributed by atoms with Gasteiger partial charge in [-0.2, -0.15) is 0 Å². The quantitative estimate of drug-likeness (QED) is 0.768. The van der Waals surface area contributed by atoms with Gasteiger partial charge in [-0.05, 0) is 25.0 Å². The van der Waals surface area contributed by atoms with E-state index >= 15 is 0 Å². The van der Waals surface area contributed by atoms with E-state index in [2.05, 4.69) is 5.32 Å². The van der Waals surface area contributed by atoms with Crippen LogP contribution in [0, 0.1) is 11.6 Å². The molecule has 1 fully saturated rings. The van der Waals surface area contributed by atoms with Crippen LogP contribution >= 0.6 is 11.6 Å². The molecule has 0 amide bonds. The smallest absolute Gasteiger partial charge is 0.142 e. The number of halogens is 3. The lowest BCUT2D eigenvalue weighted by atomic mass is 10.2. The Balaban J connectivity index is 2.10. The number of hydrogen-bond acceptors (Lipinski definition) is 1. The van der Waals surface area contributed by atoms with Crippen LogP contribution in [-0.4, -0.2) is 6.04 Å². The van der Waals surface area contributed by atoms with Gasteiger partial charge in [0, 0.05) is 18.2 Å². The Morgan fingerprint density at radius 1 is 1.29 bits per heavy atom. The highest BCUT2D eigenvalue weighted by Crippen LogP contribution is 2.22. The highest BCUT2D eigenvalue weighted by atomic mass is 35.5. The first-order chi connectivity index (χ1) is 6.66. The molecule has 0 unspecified atom stereocenters. The van der Waals surface area contributed by atoms with E-state index in [1.807, 2.05) is 0 Å². The number of benzene rings is 1. The minimum absolute atomic E-state index is 0.169. The fourth-order valence-electron chi connectivity index (χ4n) is 1.24. The summed E-state index contributed by atoms with van der Waals surface area (Å²) in [5.41, 5.74) is 0.332. The maximum Gasteiger partial charge on any atom is 0.142 e. The van der Waals surface area contributed by atoms with Gasteiger partial charge in [-0.15, -0.1) is 0 Å². The second-order valence-electron chi connectivity index (χ2n) is 3.51. The molecule has 1 aromatic carbocycles. The predicted molar refractivity (Wildman–Crippen MR) is 51.2 cm³/mol. The first-order valence-corrected chi connectivity index (χ1v) is 4.91. The Hall–Kier alpha value is -0.670. The molecule has 0 aliphatic heterocycles. The average Bonchev–Trinajstić information content (AvgIpc) is 2.92. The van der Waals surface area contributed by atoms with Crippen molar-refractivity contribution in [2.45, 2.75) is 25.4 Å². The van der Waals surface area contributed by atoms with E-state index in [9.17, 15) is 8.78 Å². The first kappa shape index (κ1) is 9.87. The molecule has 0 heterocycles. The Bertz CT molecular complexity index is 350. The molecule has 0 atom stereocenters. The van der Waals surface area contributed by atoms with E-state index in [-0.39, 0.29) is 5.02 Å². The zero-order chi connectivity index (χ0) is 10.1. The summed E-state index contributed by atoms with van der Waals surface area (Å²) in [6, 6.07) is 2.64. The SMILES string of the molecule is Fc1cc(CNC2CC2)c(F)cc1Cl. The van der Waals surface area contributed by atoms with Gasteiger partial charge in [0.25, 0.3) is 0 Å². The van der Waals surface area contributed by atoms with Gasteiger partial charge in [-0.1, -0.05) is 11.6 Å². The van der Waals surface area contributed by atoms with Gasteiger partial charge < -0.3 is 5.32 Å². The van der Waals surface area contributed by atoms with Crippen molar-refractivity contribution in [1.29, 1.82) is 0 Å². The molecule has 76 valence electrons. The minimum Gasteiger partial charge on any atom is -0.310 e. The van der Waals surface area contributed by atoms with Gasteiger partial charge in [0.1, 0.15) is 11.6 Å². The van der Waals surface area contributed by atoms with E-state index in [1.165, 1.54) is 0 Å². The molecule has 0 aromatic heterocycles. The van der Waals surface area contributed by atoms with E-state index in [4.69, 9.17) is 11.6 Å². The van der Waals surface area contributed by atoms with Gasteiger partial charge in [-0.3, -0.25) is 0 Å². The van der Waals surface area contributed by atoms with Crippen molar-refractivity contribution in [1.82, 2.24) is 5.32 Å². The Kier molecular flexibility index (Phi) is 2.70. The van der Waals surface area contributed by atoms with Crippen LogP contribution in [0.4, 0.5) is 8.78 Å². The predicted octanol–water partition coefficient (Wildman–Crippen LogP) is 2.87. The van der Waals surface area contributed by atoms with E-state index in [0.717, 1.165) is 25.0 Å². The summed E-state index contributed by atoms with van der Waals surface area (Å²) in [5.74, 6) is -1.02. The molecule has 14 heavy (non-hydrogen) atoms. The van der Waals surface area contributed by atoms with Crippen molar-refractivity contribution in [3.05, 3.63) is 34.4 Å². The van der Waals surface area contributed by atoms with Crippen molar-refractivity contribution in [3.8, 4) is 0 Å². The maximum atomic E-state index is 13.2. The molecule has 1 N–H and O–H groups in total. The van der Waals surface area contributed by atoms with E-state index in [0.29, 0.717) is 18.2 Å². The van der Waals surface area contributed by atoms with Crippen molar-refractivity contribution < 1.29 is 8.78 Å². The Labute approximate surface area is 86.1 Å². The Morgan fingerprint density at radius 2 is 2.00 bits per heavy atom. The van der Waals surface area contributed by atoms with Crippen molar-refractivity contribution in [2.75, 3.05) is 0 Å². The number of rotatable bonds is 3. The molecule has 0 saturated heterocycles. The number of hydrogen-bond donors (Lipinski definition) is 1. The van der Waals surface area contributed by atoms with Crippen LogP contribution in [0.5, 0.6) is 0 Å². The standard InChI is InChI=1S/C10H10ClF2N/c11-8-4-9(12)6(3-10(8)13)5-14-7-1-2-7/h3-4,7,14H,1-2,5H2. The lowest BCUT2D eigenvalue weighted by Crippen LogP contribution is -2.16. The third-order valence-electron chi connectivity index (χ3n) is 2.25. The van der Waals surface area contributed by atoms with Gasteiger partial charge in [0.2, 0.25) is 0 Å². The zero-order valence-corrected chi connectivity index (χ0v) is 8.24. The maximum absolute atomic E-state index is 13.2. The highest BCUT2D eigenvalue weighted by molar-refractivity contribution is 6.30. The zero-order valence-electron chi connectivity index (χ0n) is 7.49. The third-order valence-corrected chi connectivity index (χ3v) is 2.54. The van der Waals surface area contributed by atoms with Crippen LogP contribution in [0.25, 0.3) is 0 Å². The molecular weight excluding hydrogens is 208 g/mol. The van der Waals surface area contributed by atoms with Gasteiger partial charge >= 0.3 is 0 Å². The summed E-state index contributed by atoms with van der Waals surface area (Å²) in [7, 11) is 0. The summed E-state index contributed by atoms with van der Waals surface area (Å²) in [4.78, 5) is 0. The van der Waals surface area contributed by atoms with Gasteiger partial charge in [-0.25, -0.2) is 8.78 Å². The average molecular weight is 218 g/mol. The van der Waals surface area contributed by atoms with Crippen molar-refractivity contribution >= 4 is 11.6 Å². The lowest BCUT2D eigenvalue weighted by molar-refractivity contribution is 0.568. The van der Waals surface area contributed by atoms with Crippen molar-refractivity contribution in [3.63, 3.8) is 0 Å². The van der Waals surface area contributed by atoms with Crippen LogP contribution in [0.1, 0.15) is 18.4 Å². The summed E-state index contributed by atoms with van der Waals surface area (Å²) < 4.78 is 26.2. The molecule has 1 aromatic rings. The van der Waals surface area contributed by atoms with Crippen LogP contribution in [0.3, 0.4) is 0 Å². The second-order valence-corrected chi connectivity index (χ2v) is 3.92. The lowest BCUT2D eigenvalue weighted by Gasteiger charge is -2.05. The molecule has 1 nitrogen and oxygen atoms in total. The largest absolute Gasteiger partial charge is 0.310 e. The van der Waals surface area contributed by atoms with E-state index in [1.54, 1.807) is 0 Å². The molecule has 0 radical (unpaired) electrons. The molecule has 2 rings (SSSR count). The molecular formula is C10H10ClF2N. The summed E-state index contributed by atoms with van der Waals surface area (Å²) in [5, 5.41) is 2.94. The minimum atomic E-state index is -0.569. The normalized spacial score (nSPS) is 15.9. The van der Waals surface area contributed by atoms with Crippen molar-refractivity contribution in [2.24, 2.45) is 0 Å². The Morgan fingerprint density at radius 3 is 2.64 bits per heavy atom. The summed E-state index contributed by atoms with van der Waals surface area (Å²) in [6.45, 7) is 0.366. The molecule has 4 heteroatoms. The second kappa shape index (κ2) is 3.83. The molecule has 1 aliphatic rings. The van der Waals surface area contributed by atoms with Crippen LogP contribution in [-0.2, 0) is 6.54 Å². The molecule has 0 bridgehead atoms. The topological polar surface area (TPSA) is 12.0 Å². The summed E-state index contributed by atoms with van der Waals surface area (Å²) in [6.07, 6.45) is 2.25. The fourth-order valence-corrected chi connectivity index (χ4v) is 1.39. The monoisotopic (exact) mass is 217 g/mol. The van der Waals surface area contributed by atoms with Crippen LogP contribution in [0.2, 0.25) is 5.02 Å². The van der Waals surface area contributed by atoms with E-state index < -0.39 is 11.6 Å². The van der Waals surface area contributed by atoms with Crippen LogP contribution < -0.4 is 5.32 Å². The molecule has 1 aliphatic carbocycles. The summed E-state index contributed by atoms with van der Waals surface area (Å²) >= 11 is 5.43. The van der Waals surface area contributed by atoms with Gasteiger partial charge in [0.05, 0.1) is 5.02 Å². The molecule has 0 spiro atoms. The third kappa shape index (κ3) is 2.22. The number of nitrogens with one attached hydrogen (secondary N) is 1. The molecule has 1 saturated carbocycles. The van der Waals surface area contributed by atoms with Crippen LogP contribution in [0.15, 0.2) is 12.1 Å². The fraction of sp³-hybridized carbons (Fsp3) is 0.400. The highest BCUT2D eigenvalue weighted by Gasteiger charge is 2.20. The van der Waals surface area contributed by atoms with Gasteiger partial charge in [0.15, 0.2) is 0 Å². The first-order valence-electron chi connectivity index (χ1n) is 4.53.